The van der Waals surface area contributed by atoms with Gasteiger partial charge in [0.2, 0.25) is 0 Å². The Morgan fingerprint density at radius 3 is 2.43 bits per heavy atom. The summed E-state index contributed by atoms with van der Waals surface area (Å²) in [6.07, 6.45) is 3.58. The quantitative estimate of drug-likeness (QED) is 0.548. The minimum Gasteiger partial charge on any atom is -0.493 e. The first-order valence-electron chi connectivity index (χ1n) is 11.1. The highest BCUT2D eigenvalue weighted by molar-refractivity contribution is 5.46. The van der Waals surface area contributed by atoms with Gasteiger partial charge in [0.05, 0.1) is 6.61 Å². The van der Waals surface area contributed by atoms with Crippen LogP contribution < -0.4 is 4.74 Å². The number of rotatable bonds is 5. The second-order valence-electron chi connectivity index (χ2n) is 8.71. The smallest absolute Gasteiger partial charge is 0.125 e. The van der Waals surface area contributed by atoms with Crippen molar-refractivity contribution in [2.45, 2.75) is 58.0 Å². The number of ether oxygens (including phenoxy) is 1. The Balaban J connectivity index is 1.81. The lowest BCUT2D eigenvalue weighted by molar-refractivity contribution is 0.00669. The topological polar surface area (TPSA) is 29.5 Å². The molecule has 30 heavy (non-hydrogen) atoms. The Morgan fingerprint density at radius 2 is 1.70 bits per heavy atom. The highest BCUT2D eigenvalue weighted by atomic mass is 16.5. The molecule has 1 aliphatic rings. The van der Waals surface area contributed by atoms with Crippen LogP contribution in [-0.2, 0) is 18.4 Å². The van der Waals surface area contributed by atoms with E-state index >= 15 is 0 Å². The maximum Gasteiger partial charge on any atom is 0.125 e. The first kappa shape index (κ1) is 20.7. The summed E-state index contributed by atoms with van der Waals surface area (Å²) in [5.74, 6) is 0.786. The van der Waals surface area contributed by atoms with Gasteiger partial charge in [0.25, 0.3) is 0 Å². The van der Waals surface area contributed by atoms with Crippen molar-refractivity contribution in [2.75, 3.05) is 6.61 Å². The first-order valence-corrected chi connectivity index (χ1v) is 11.1. The van der Waals surface area contributed by atoms with Gasteiger partial charge in [0.1, 0.15) is 11.4 Å². The average molecular weight is 401 g/mol. The van der Waals surface area contributed by atoms with E-state index in [1.807, 2.05) is 0 Å². The molecule has 0 fully saturated rings. The second-order valence-corrected chi connectivity index (χ2v) is 8.71. The van der Waals surface area contributed by atoms with E-state index in [2.05, 4.69) is 87.5 Å². The van der Waals surface area contributed by atoms with Gasteiger partial charge >= 0.3 is 0 Å². The van der Waals surface area contributed by atoms with Gasteiger partial charge in [-0.15, -0.1) is 0 Å². The normalized spacial score (nSPS) is 20.9. The van der Waals surface area contributed by atoms with Gasteiger partial charge in [0, 0.05) is 17.9 Å². The highest BCUT2D eigenvalue weighted by Gasteiger charge is 2.43. The molecule has 0 radical (unpaired) electrons. The van der Waals surface area contributed by atoms with E-state index < -0.39 is 5.60 Å². The van der Waals surface area contributed by atoms with Crippen molar-refractivity contribution in [1.29, 1.82) is 0 Å². The molecule has 1 N–H and O–H groups in total. The highest BCUT2D eigenvalue weighted by Crippen LogP contribution is 2.48. The van der Waals surface area contributed by atoms with E-state index in [-0.39, 0.29) is 5.92 Å². The van der Waals surface area contributed by atoms with E-state index in [9.17, 15) is 5.11 Å². The van der Waals surface area contributed by atoms with Crippen molar-refractivity contribution >= 4 is 0 Å². The predicted molar refractivity (Wildman–Crippen MR) is 123 cm³/mol. The van der Waals surface area contributed by atoms with Gasteiger partial charge in [-0.25, -0.2) is 0 Å². The fraction of sp³-hybridized carbons (Fsp3) is 0.357. The summed E-state index contributed by atoms with van der Waals surface area (Å²) in [4.78, 5) is 0. The lowest BCUT2D eigenvalue weighted by atomic mass is 9.71. The summed E-state index contributed by atoms with van der Waals surface area (Å²) in [5.41, 5.74) is 5.95. The monoisotopic (exact) mass is 400 g/mol. The predicted octanol–water partition coefficient (Wildman–Crippen LogP) is 6.25. The van der Waals surface area contributed by atoms with Crippen molar-refractivity contribution in [3.8, 4) is 5.75 Å². The Morgan fingerprint density at radius 1 is 0.967 bits per heavy atom. The molecule has 4 rings (SSSR count). The van der Waals surface area contributed by atoms with Gasteiger partial charge < -0.3 is 9.84 Å². The number of hydrogen-bond donors (Lipinski definition) is 1. The fourth-order valence-electron chi connectivity index (χ4n) is 4.85. The summed E-state index contributed by atoms with van der Waals surface area (Å²) in [6.45, 7) is 7.01. The molecule has 2 nitrogen and oxygen atoms in total. The zero-order chi connectivity index (χ0) is 21.1. The summed E-state index contributed by atoms with van der Waals surface area (Å²) < 4.78 is 6.15. The third-order valence-corrected chi connectivity index (χ3v) is 6.44. The molecule has 0 amide bonds. The minimum atomic E-state index is -1.03. The van der Waals surface area contributed by atoms with Crippen LogP contribution in [0.4, 0.5) is 0 Å². The number of aliphatic hydroxyl groups is 1. The Kier molecular flexibility index (Phi) is 5.97. The van der Waals surface area contributed by atoms with E-state index in [0.29, 0.717) is 13.0 Å². The van der Waals surface area contributed by atoms with Crippen molar-refractivity contribution in [3.63, 3.8) is 0 Å². The molecule has 0 aliphatic carbocycles. The molecule has 0 saturated carbocycles. The van der Waals surface area contributed by atoms with Gasteiger partial charge in [-0.05, 0) is 60.6 Å². The molecule has 0 spiro atoms. The molecule has 0 saturated heterocycles. The molecule has 3 aromatic carbocycles. The molecule has 156 valence electrons. The van der Waals surface area contributed by atoms with Gasteiger partial charge in [-0.3, -0.25) is 0 Å². The number of hydrogen-bond acceptors (Lipinski definition) is 2. The average Bonchev–Trinajstić information content (AvgIpc) is 2.86. The lowest BCUT2D eigenvalue weighted by Crippen LogP contribution is -2.36. The molecule has 2 atom stereocenters. The molecule has 1 aliphatic heterocycles. The van der Waals surface area contributed by atoms with Crippen molar-refractivity contribution in [2.24, 2.45) is 0 Å². The Labute approximate surface area is 180 Å². The standard InChI is InChI=1S/C28H32O2/c1-4-7-22-11-13-23(14-12-22)19-28(29)25(24-9-6-5-8-21(24)3)16-17-30-27-18-20(2)10-15-26(27)28/h5-6,8-15,18,25,29H,4,7,16-17,19H2,1-3H3. The molecule has 0 aromatic heterocycles. The van der Waals surface area contributed by atoms with E-state index in [1.165, 1.54) is 16.7 Å². The second kappa shape index (κ2) is 8.65. The Hall–Kier alpha value is -2.58. The first-order chi connectivity index (χ1) is 14.5. The molecule has 1 heterocycles. The number of aryl methyl sites for hydroxylation is 3. The van der Waals surface area contributed by atoms with Gasteiger partial charge in [0.15, 0.2) is 0 Å². The number of fused-ring (bicyclic) bond motifs is 1. The SMILES string of the molecule is CCCc1ccc(CC2(O)c3ccc(C)cc3OCCC2c2ccccc2C)cc1. The minimum absolute atomic E-state index is 0.0297. The van der Waals surface area contributed by atoms with Gasteiger partial charge in [-0.1, -0.05) is 74.0 Å². The third kappa shape index (κ3) is 4.02. The van der Waals surface area contributed by atoms with Crippen LogP contribution in [0.2, 0.25) is 0 Å². The molecule has 3 aromatic rings. The maximum absolute atomic E-state index is 12.4. The lowest BCUT2D eigenvalue weighted by Gasteiger charge is -2.37. The van der Waals surface area contributed by atoms with Gasteiger partial charge in [-0.2, -0.15) is 0 Å². The van der Waals surface area contributed by atoms with Crippen LogP contribution in [0.5, 0.6) is 5.75 Å². The summed E-state index contributed by atoms with van der Waals surface area (Å²) in [5, 5.41) is 12.4. The van der Waals surface area contributed by atoms with E-state index in [4.69, 9.17) is 4.74 Å². The third-order valence-electron chi connectivity index (χ3n) is 6.44. The fourth-order valence-corrected chi connectivity index (χ4v) is 4.85. The summed E-state index contributed by atoms with van der Waals surface area (Å²) in [6, 6.07) is 23.4. The van der Waals surface area contributed by atoms with Crippen LogP contribution in [-0.4, -0.2) is 11.7 Å². The summed E-state index contributed by atoms with van der Waals surface area (Å²) >= 11 is 0. The van der Waals surface area contributed by atoms with E-state index in [0.717, 1.165) is 41.7 Å². The van der Waals surface area contributed by atoms with Crippen LogP contribution in [0.15, 0.2) is 66.7 Å². The van der Waals surface area contributed by atoms with Crippen molar-refractivity contribution in [3.05, 3.63) is 100 Å². The largest absolute Gasteiger partial charge is 0.493 e. The van der Waals surface area contributed by atoms with E-state index in [1.54, 1.807) is 0 Å². The Bertz CT molecular complexity index is 1010. The van der Waals surface area contributed by atoms with Crippen molar-refractivity contribution < 1.29 is 9.84 Å². The van der Waals surface area contributed by atoms with Crippen LogP contribution in [0.1, 0.15) is 59.1 Å². The van der Waals surface area contributed by atoms with Crippen molar-refractivity contribution in [1.82, 2.24) is 0 Å². The number of benzene rings is 3. The van der Waals surface area contributed by atoms with Crippen LogP contribution in [0, 0.1) is 13.8 Å². The molecule has 2 heteroatoms. The zero-order valence-electron chi connectivity index (χ0n) is 18.3. The summed E-state index contributed by atoms with van der Waals surface area (Å²) in [7, 11) is 0. The molecule has 2 unspecified atom stereocenters. The molecule has 0 bridgehead atoms. The van der Waals surface area contributed by atoms with Crippen LogP contribution >= 0.6 is 0 Å². The molecular formula is C28H32O2. The zero-order valence-corrected chi connectivity index (χ0v) is 18.3. The van der Waals surface area contributed by atoms with Crippen LogP contribution in [0.25, 0.3) is 0 Å². The molecular weight excluding hydrogens is 368 g/mol. The maximum atomic E-state index is 12.4. The van der Waals surface area contributed by atoms with Crippen LogP contribution in [0.3, 0.4) is 0 Å².